The number of aryl methyl sites for hydroxylation is 2. The van der Waals surface area contributed by atoms with Crippen molar-refractivity contribution in [3.8, 4) is 0 Å². The molecule has 0 spiro atoms. The zero-order valence-corrected chi connectivity index (χ0v) is 13.3. The van der Waals surface area contributed by atoms with E-state index in [0.717, 1.165) is 34.5 Å². The van der Waals surface area contributed by atoms with E-state index in [0.29, 0.717) is 12.1 Å². The topological polar surface area (TPSA) is 65.1 Å². The molecule has 0 bridgehead atoms. The molecule has 0 aliphatic rings. The van der Waals surface area contributed by atoms with Crippen LogP contribution in [-0.2, 0) is 0 Å². The van der Waals surface area contributed by atoms with Crippen molar-refractivity contribution in [3.63, 3.8) is 0 Å². The fourth-order valence-corrected chi connectivity index (χ4v) is 2.99. The summed E-state index contributed by atoms with van der Waals surface area (Å²) in [6.07, 6.45) is 0.807. The van der Waals surface area contributed by atoms with Crippen LogP contribution in [0, 0.1) is 13.8 Å². The predicted octanol–water partition coefficient (Wildman–Crippen LogP) is 2.63. The number of thioether (sulfide) groups is 1. The first-order valence-electron chi connectivity index (χ1n) is 7.19. The SMILES string of the molecule is Cc1[nH]c2ccc(C(=O)NCCSCCCO)cc2c1C. The molecule has 0 atom stereocenters. The van der Waals surface area contributed by atoms with Gasteiger partial charge in [-0.05, 0) is 49.8 Å². The maximum atomic E-state index is 12.1. The number of aliphatic hydroxyl groups is 1. The molecule has 2 rings (SSSR count). The molecule has 0 aliphatic carbocycles. The molecule has 0 radical (unpaired) electrons. The average Bonchev–Trinajstić information content (AvgIpc) is 2.77. The molecule has 4 nitrogen and oxygen atoms in total. The van der Waals surface area contributed by atoms with E-state index in [1.54, 1.807) is 11.8 Å². The highest BCUT2D eigenvalue weighted by atomic mass is 32.2. The van der Waals surface area contributed by atoms with E-state index in [4.69, 9.17) is 5.11 Å². The highest BCUT2D eigenvalue weighted by Gasteiger charge is 2.09. The number of aliphatic hydroxyl groups excluding tert-OH is 1. The molecule has 2 aromatic rings. The highest BCUT2D eigenvalue weighted by molar-refractivity contribution is 7.99. The minimum atomic E-state index is -0.0297. The summed E-state index contributed by atoms with van der Waals surface area (Å²) in [6, 6.07) is 5.76. The second-order valence-electron chi connectivity index (χ2n) is 5.08. The predicted molar refractivity (Wildman–Crippen MR) is 89.1 cm³/mol. The number of aromatic nitrogens is 1. The van der Waals surface area contributed by atoms with Gasteiger partial charge >= 0.3 is 0 Å². The van der Waals surface area contributed by atoms with E-state index >= 15 is 0 Å². The number of nitrogens with one attached hydrogen (secondary N) is 2. The van der Waals surface area contributed by atoms with Crippen molar-refractivity contribution >= 4 is 28.6 Å². The lowest BCUT2D eigenvalue weighted by Crippen LogP contribution is -2.25. The van der Waals surface area contributed by atoms with Crippen molar-refractivity contribution in [2.45, 2.75) is 20.3 Å². The quantitative estimate of drug-likeness (QED) is 0.689. The van der Waals surface area contributed by atoms with Crippen LogP contribution in [0.1, 0.15) is 28.0 Å². The first kappa shape index (κ1) is 15.9. The smallest absolute Gasteiger partial charge is 0.251 e. The van der Waals surface area contributed by atoms with Crippen molar-refractivity contribution in [1.29, 1.82) is 0 Å². The van der Waals surface area contributed by atoms with Crippen LogP contribution in [0.5, 0.6) is 0 Å². The number of benzene rings is 1. The molecule has 0 saturated carbocycles. The minimum Gasteiger partial charge on any atom is -0.396 e. The van der Waals surface area contributed by atoms with Gasteiger partial charge in [-0.15, -0.1) is 0 Å². The second kappa shape index (κ2) is 7.52. The summed E-state index contributed by atoms with van der Waals surface area (Å²) in [5, 5.41) is 12.7. The summed E-state index contributed by atoms with van der Waals surface area (Å²) >= 11 is 1.74. The Morgan fingerprint density at radius 3 is 2.90 bits per heavy atom. The molecule has 5 heteroatoms. The third-order valence-electron chi connectivity index (χ3n) is 3.55. The Morgan fingerprint density at radius 1 is 1.33 bits per heavy atom. The average molecular weight is 306 g/mol. The summed E-state index contributed by atoms with van der Waals surface area (Å²) in [4.78, 5) is 15.4. The van der Waals surface area contributed by atoms with Crippen LogP contribution in [0.15, 0.2) is 18.2 Å². The number of amides is 1. The van der Waals surface area contributed by atoms with Crippen LogP contribution < -0.4 is 5.32 Å². The lowest BCUT2D eigenvalue weighted by Gasteiger charge is -2.05. The van der Waals surface area contributed by atoms with Crippen LogP contribution >= 0.6 is 11.8 Å². The molecule has 0 saturated heterocycles. The van der Waals surface area contributed by atoms with Gasteiger partial charge in [-0.3, -0.25) is 4.79 Å². The Labute approximate surface area is 129 Å². The van der Waals surface area contributed by atoms with Crippen LogP contribution in [-0.4, -0.2) is 40.7 Å². The van der Waals surface area contributed by atoms with Gasteiger partial charge in [0, 0.05) is 41.1 Å². The molecule has 0 aliphatic heterocycles. The normalized spacial score (nSPS) is 11.0. The van der Waals surface area contributed by atoms with Crippen molar-refractivity contribution in [1.82, 2.24) is 10.3 Å². The van der Waals surface area contributed by atoms with E-state index in [1.165, 1.54) is 5.56 Å². The molecule has 0 unspecified atom stereocenters. The second-order valence-corrected chi connectivity index (χ2v) is 6.31. The number of H-pyrrole nitrogens is 1. The number of fused-ring (bicyclic) bond motifs is 1. The molecule has 1 amide bonds. The number of aromatic amines is 1. The first-order valence-corrected chi connectivity index (χ1v) is 8.34. The number of hydrogen-bond acceptors (Lipinski definition) is 3. The van der Waals surface area contributed by atoms with Gasteiger partial charge in [0.1, 0.15) is 0 Å². The number of carbonyl (C=O) groups excluding carboxylic acids is 1. The highest BCUT2D eigenvalue weighted by Crippen LogP contribution is 2.22. The van der Waals surface area contributed by atoms with E-state index in [9.17, 15) is 4.79 Å². The molecule has 0 fully saturated rings. The maximum Gasteiger partial charge on any atom is 0.251 e. The van der Waals surface area contributed by atoms with Gasteiger partial charge in [-0.2, -0.15) is 11.8 Å². The van der Waals surface area contributed by atoms with Gasteiger partial charge in [0.25, 0.3) is 5.91 Å². The lowest BCUT2D eigenvalue weighted by molar-refractivity contribution is 0.0956. The summed E-state index contributed by atoms with van der Waals surface area (Å²) in [5.74, 6) is 1.77. The Balaban J connectivity index is 1.92. The zero-order chi connectivity index (χ0) is 15.2. The Morgan fingerprint density at radius 2 is 2.14 bits per heavy atom. The summed E-state index contributed by atoms with van der Waals surface area (Å²) in [6.45, 7) is 4.99. The van der Waals surface area contributed by atoms with Crippen LogP contribution in [0.25, 0.3) is 10.9 Å². The summed E-state index contributed by atoms with van der Waals surface area (Å²) in [7, 11) is 0. The molecule has 114 valence electrons. The molecular weight excluding hydrogens is 284 g/mol. The van der Waals surface area contributed by atoms with Crippen molar-refractivity contribution in [3.05, 3.63) is 35.0 Å². The van der Waals surface area contributed by atoms with Gasteiger partial charge in [0.05, 0.1) is 0 Å². The molecule has 1 aromatic heterocycles. The van der Waals surface area contributed by atoms with E-state index in [-0.39, 0.29) is 12.5 Å². The number of rotatable bonds is 7. The molecular formula is C16H22N2O2S. The molecule has 1 aromatic carbocycles. The van der Waals surface area contributed by atoms with E-state index in [2.05, 4.69) is 17.2 Å². The first-order chi connectivity index (χ1) is 10.1. The van der Waals surface area contributed by atoms with Crippen molar-refractivity contribution < 1.29 is 9.90 Å². The fourth-order valence-electron chi connectivity index (χ4n) is 2.21. The van der Waals surface area contributed by atoms with Crippen molar-refractivity contribution in [2.75, 3.05) is 24.7 Å². The van der Waals surface area contributed by atoms with Crippen LogP contribution in [0.2, 0.25) is 0 Å². The van der Waals surface area contributed by atoms with Gasteiger partial charge < -0.3 is 15.4 Å². The lowest BCUT2D eigenvalue weighted by atomic mass is 10.1. The largest absolute Gasteiger partial charge is 0.396 e. The van der Waals surface area contributed by atoms with Crippen molar-refractivity contribution in [2.24, 2.45) is 0 Å². The molecule has 21 heavy (non-hydrogen) atoms. The summed E-state index contributed by atoms with van der Waals surface area (Å²) < 4.78 is 0. The number of hydrogen-bond donors (Lipinski definition) is 3. The zero-order valence-electron chi connectivity index (χ0n) is 12.5. The minimum absolute atomic E-state index is 0.0297. The van der Waals surface area contributed by atoms with Gasteiger partial charge in [-0.25, -0.2) is 0 Å². The summed E-state index contributed by atoms with van der Waals surface area (Å²) in [5.41, 5.74) is 4.10. The fraction of sp³-hybridized carbons (Fsp3) is 0.438. The third-order valence-corrected chi connectivity index (χ3v) is 4.62. The standard InChI is InChI=1S/C16H22N2O2S/c1-11-12(2)18-15-5-4-13(10-14(11)15)16(20)17-6-9-21-8-3-7-19/h4-5,10,18-19H,3,6-9H2,1-2H3,(H,17,20). The van der Waals surface area contributed by atoms with E-state index in [1.807, 2.05) is 25.1 Å². The molecule has 3 N–H and O–H groups in total. The van der Waals surface area contributed by atoms with E-state index < -0.39 is 0 Å². The maximum absolute atomic E-state index is 12.1. The van der Waals surface area contributed by atoms with Gasteiger partial charge in [-0.1, -0.05) is 0 Å². The Kier molecular flexibility index (Phi) is 5.70. The number of carbonyl (C=O) groups is 1. The Bertz CT molecular complexity index is 622. The van der Waals surface area contributed by atoms with Crippen LogP contribution in [0.4, 0.5) is 0 Å². The monoisotopic (exact) mass is 306 g/mol. The van der Waals surface area contributed by atoms with Gasteiger partial charge in [0.2, 0.25) is 0 Å². The Hall–Kier alpha value is -1.46. The van der Waals surface area contributed by atoms with Crippen LogP contribution in [0.3, 0.4) is 0 Å². The molecule has 1 heterocycles. The third kappa shape index (κ3) is 4.02. The van der Waals surface area contributed by atoms with Gasteiger partial charge in [0.15, 0.2) is 0 Å².